The minimum absolute atomic E-state index is 0.115. The molecular formula is C14H26N2O2. The molecule has 4 nitrogen and oxygen atoms in total. The predicted molar refractivity (Wildman–Crippen MR) is 71.2 cm³/mol. The zero-order valence-electron chi connectivity index (χ0n) is 11.4. The maximum Gasteiger partial charge on any atom is 0.240 e. The van der Waals surface area contributed by atoms with Crippen LogP contribution in [0.3, 0.4) is 0 Å². The Morgan fingerprint density at radius 1 is 1.39 bits per heavy atom. The van der Waals surface area contributed by atoms with Crippen LogP contribution in [0.5, 0.6) is 0 Å². The number of hydrogen-bond acceptors (Lipinski definition) is 3. The number of aliphatic hydroxyl groups excluding tert-OH is 1. The quantitative estimate of drug-likeness (QED) is 0.706. The van der Waals surface area contributed by atoms with Gasteiger partial charge in [0.25, 0.3) is 0 Å². The molecule has 104 valence electrons. The van der Waals surface area contributed by atoms with E-state index >= 15 is 0 Å². The maximum absolute atomic E-state index is 12.3. The first-order chi connectivity index (χ1) is 8.66. The lowest BCUT2D eigenvalue weighted by molar-refractivity contribution is -0.127. The van der Waals surface area contributed by atoms with Gasteiger partial charge in [0.05, 0.1) is 11.6 Å². The number of rotatable bonds is 4. The van der Waals surface area contributed by atoms with Crippen LogP contribution in [0.4, 0.5) is 0 Å². The van der Waals surface area contributed by atoms with Crippen LogP contribution >= 0.6 is 0 Å². The molecule has 0 aromatic heterocycles. The Balaban J connectivity index is 1.77. The number of aliphatic hydroxyl groups is 1. The van der Waals surface area contributed by atoms with Crippen LogP contribution in [-0.4, -0.2) is 35.7 Å². The van der Waals surface area contributed by atoms with Gasteiger partial charge >= 0.3 is 0 Å². The number of carbonyl (C=O) groups is 1. The van der Waals surface area contributed by atoms with E-state index in [4.69, 9.17) is 0 Å². The molecule has 18 heavy (non-hydrogen) atoms. The minimum atomic E-state index is -0.311. The fourth-order valence-corrected chi connectivity index (χ4v) is 3.22. The number of carbonyl (C=O) groups excluding carboxylic acids is 1. The van der Waals surface area contributed by atoms with Crippen LogP contribution in [0.1, 0.15) is 51.9 Å². The van der Waals surface area contributed by atoms with Crippen molar-refractivity contribution < 1.29 is 9.90 Å². The summed E-state index contributed by atoms with van der Waals surface area (Å²) in [6, 6.07) is 0. The second kappa shape index (κ2) is 6.02. The van der Waals surface area contributed by atoms with Crippen LogP contribution in [0.25, 0.3) is 0 Å². The Morgan fingerprint density at radius 2 is 2.11 bits per heavy atom. The highest BCUT2D eigenvalue weighted by Gasteiger charge is 2.39. The van der Waals surface area contributed by atoms with Crippen molar-refractivity contribution in [2.45, 2.75) is 63.5 Å². The van der Waals surface area contributed by atoms with E-state index in [1.165, 1.54) is 0 Å². The maximum atomic E-state index is 12.3. The van der Waals surface area contributed by atoms with Crippen molar-refractivity contribution in [3.05, 3.63) is 0 Å². The summed E-state index contributed by atoms with van der Waals surface area (Å²) < 4.78 is 0. The Hall–Kier alpha value is -0.610. The molecule has 1 saturated heterocycles. The normalized spacial score (nSPS) is 36.6. The van der Waals surface area contributed by atoms with Crippen LogP contribution in [-0.2, 0) is 4.79 Å². The van der Waals surface area contributed by atoms with Gasteiger partial charge in [0.1, 0.15) is 0 Å². The molecule has 0 bridgehead atoms. The van der Waals surface area contributed by atoms with E-state index in [-0.39, 0.29) is 17.6 Å². The van der Waals surface area contributed by atoms with Crippen molar-refractivity contribution in [1.82, 2.24) is 10.6 Å². The Labute approximate surface area is 110 Å². The Morgan fingerprint density at radius 3 is 2.67 bits per heavy atom. The van der Waals surface area contributed by atoms with Gasteiger partial charge in [-0.2, -0.15) is 0 Å². The molecule has 1 atom stereocenters. The molecule has 1 saturated carbocycles. The molecule has 4 heteroatoms. The fraction of sp³-hybridized carbons (Fsp3) is 0.929. The highest BCUT2D eigenvalue weighted by molar-refractivity contribution is 5.86. The van der Waals surface area contributed by atoms with E-state index in [0.717, 1.165) is 58.0 Å². The third kappa shape index (κ3) is 3.04. The van der Waals surface area contributed by atoms with Crippen LogP contribution in [0.2, 0.25) is 0 Å². The van der Waals surface area contributed by atoms with Gasteiger partial charge in [0.15, 0.2) is 0 Å². The number of nitrogens with one attached hydrogen (secondary N) is 2. The first-order valence-corrected chi connectivity index (χ1v) is 7.37. The molecule has 1 amide bonds. The molecule has 1 aliphatic carbocycles. The SMILES string of the molecule is CCC1(C(=O)NCC2CCC(O)CC2)CCCN1. The Bertz CT molecular complexity index is 280. The van der Waals surface area contributed by atoms with Gasteiger partial charge in [-0.05, 0) is 57.4 Å². The summed E-state index contributed by atoms with van der Waals surface area (Å²) in [5.74, 6) is 0.723. The van der Waals surface area contributed by atoms with Crippen molar-refractivity contribution in [3.63, 3.8) is 0 Å². The molecule has 0 spiro atoms. The summed E-state index contributed by atoms with van der Waals surface area (Å²) in [6.45, 7) is 3.81. The molecule has 1 heterocycles. The smallest absolute Gasteiger partial charge is 0.240 e. The minimum Gasteiger partial charge on any atom is -0.393 e. The van der Waals surface area contributed by atoms with Crippen LogP contribution in [0.15, 0.2) is 0 Å². The fourth-order valence-electron chi connectivity index (χ4n) is 3.22. The summed E-state index contributed by atoms with van der Waals surface area (Å²) in [4.78, 5) is 12.3. The van der Waals surface area contributed by atoms with E-state index in [1.807, 2.05) is 0 Å². The topological polar surface area (TPSA) is 61.4 Å². The first-order valence-electron chi connectivity index (χ1n) is 7.37. The molecule has 1 unspecified atom stereocenters. The van der Waals surface area contributed by atoms with Gasteiger partial charge < -0.3 is 15.7 Å². The van der Waals surface area contributed by atoms with Crippen molar-refractivity contribution >= 4 is 5.91 Å². The van der Waals surface area contributed by atoms with E-state index in [2.05, 4.69) is 17.6 Å². The predicted octanol–water partition coefficient (Wildman–Crippen LogP) is 1.19. The van der Waals surface area contributed by atoms with Crippen molar-refractivity contribution in [1.29, 1.82) is 0 Å². The lowest BCUT2D eigenvalue weighted by Crippen LogP contribution is -2.53. The summed E-state index contributed by atoms with van der Waals surface area (Å²) >= 11 is 0. The molecule has 0 aromatic rings. The average Bonchev–Trinajstić information content (AvgIpc) is 2.88. The standard InChI is InChI=1S/C14H26N2O2/c1-2-14(8-3-9-16-14)13(18)15-10-11-4-6-12(17)7-5-11/h11-12,16-17H,2-10H2,1H3,(H,15,18). The van der Waals surface area contributed by atoms with Crippen molar-refractivity contribution in [2.24, 2.45) is 5.92 Å². The Kier molecular flexibility index (Phi) is 4.62. The lowest BCUT2D eigenvalue weighted by Gasteiger charge is -2.30. The average molecular weight is 254 g/mol. The second-order valence-corrected chi connectivity index (χ2v) is 5.85. The van der Waals surface area contributed by atoms with E-state index in [9.17, 15) is 9.90 Å². The van der Waals surface area contributed by atoms with E-state index in [1.54, 1.807) is 0 Å². The van der Waals surface area contributed by atoms with Crippen molar-refractivity contribution in [2.75, 3.05) is 13.1 Å². The molecule has 2 rings (SSSR count). The van der Waals surface area contributed by atoms with E-state index < -0.39 is 0 Å². The second-order valence-electron chi connectivity index (χ2n) is 5.85. The summed E-state index contributed by atoms with van der Waals surface area (Å²) in [7, 11) is 0. The summed E-state index contributed by atoms with van der Waals surface area (Å²) in [6.07, 6.45) is 6.64. The molecular weight excluding hydrogens is 228 g/mol. The largest absolute Gasteiger partial charge is 0.393 e. The first kappa shape index (κ1) is 13.8. The van der Waals surface area contributed by atoms with Crippen LogP contribution < -0.4 is 10.6 Å². The van der Waals surface area contributed by atoms with Gasteiger partial charge in [-0.15, -0.1) is 0 Å². The molecule has 0 aromatic carbocycles. The third-order valence-electron chi connectivity index (χ3n) is 4.65. The van der Waals surface area contributed by atoms with E-state index in [0.29, 0.717) is 5.92 Å². The zero-order chi connectivity index (χ0) is 13.0. The molecule has 0 radical (unpaired) electrons. The molecule has 2 fully saturated rings. The highest BCUT2D eigenvalue weighted by atomic mass is 16.3. The highest BCUT2D eigenvalue weighted by Crippen LogP contribution is 2.25. The summed E-state index contributed by atoms with van der Waals surface area (Å²) in [5, 5.41) is 15.9. The van der Waals surface area contributed by atoms with Crippen LogP contribution in [0, 0.1) is 5.92 Å². The third-order valence-corrected chi connectivity index (χ3v) is 4.65. The van der Waals surface area contributed by atoms with Gasteiger partial charge in [-0.3, -0.25) is 4.79 Å². The van der Waals surface area contributed by atoms with Crippen molar-refractivity contribution in [3.8, 4) is 0 Å². The molecule has 3 N–H and O–H groups in total. The lowest BCUT2D eigenvalue weighted by atomic mass is 9.87. The summed E-state index contributed by atoms with van der Waals surface area (Å²) in [5.41, 5.74) is -0.311. The van der Waals surface area contributed by atoms with Gasteiger partial charge in [0, 0.05) is 6.54 Å². The van der Waals surface area contributed by atoms with Gasteiger partial charge in [-0.1, -0.05) is 6.92 Å². The zero-order valence-corrected chi connectivity index (χ0v) is 11.4. The number of hydrogen-bond donors (Lipinski definition) is 3. The number of amides is 1. The van der Waals surface area contributed by atoms with Gasteiger partial charge in [0.2, 0.25) is 5.91 Å². The monoisotopic (exact) mass is 254 g/mol. The molecule has 1 aliphatic heterocycles. The molecule has 2 aliphatic rings. The van der Waals surface area contributed by atoms with Gasteiger partial charge in [-0.25, -0.2) is 0 Å².